The second-order valence-electron chi connectivity index (χ2n) is 6.79. The summed E-state index contributed by atoms with van der Waals surface area (Å²) in [5.41, 5.74) is 8.10. The topological polar surface area (TPSA) is 78.1 Å². The Kier molecular flexibility index (Phi) is 6.80. The Morgan fingerprint density at radius 1 is 1.14 bits per heavy atom. The lowest BCUT2D eigenvalue weighted by Crippen LogP contribution is -2.38. The predicted molar refractivity (Wildman–Crippen MR) is 116 cm³/mol. The second kappa shape index (κ2) is 9.30. The minimum atomic E-state index is -0.0796. The zero-order valence-electron chi connectivity index (χ0n) is 16.2. The number of ether oxygens (including phenoxy) is 3. The Balaban J connectivity index is 1.80. The molecule has 0 aromatic heterocycles. The van der Waals surface area contributed by atoms with Gasteiger partial charge in [-0.25, -0.2) is 0 Å². The van der Waals surface area contributed by atoms with Crippen LogP contribution in [0.1, 0.15) is 18.4 Å². The van der Waals surface area contributed by atoms with E-state index >= 15 is 0 Å². The Bertz CT molecular complexity index is 818. The number of methoxy groups -OCH3 is 2. The van der Waals surface area contributed by atoms with Crippen LogP contribution in [0.5, 0.6) is 11.5 Å². The van der Waals surface area contributed by atoms with Gasteiger partial charge in [0.1, 0.15) is 11.5 Å². The van der Waals surface area contributed by atoms with Crippen LogP contribution in [0.15, 0.2) is 51.9 Å². The number of rotatable bonds is 6. The van der Waals surface area contributed by atoms with Crippen molar-refractivity contribution in [1.82, 2.24) is 0 Å². The third kappa shape index (κ3) is 4.77. The molecule has 1 aliphatic heterocycles. The highest BCUT2D eigenvalue weighted by atomic mass is 79.9. The van der Waals surface area contributed by atoms with Gasteiger partial charge in [0.25, 0.3) is 0 Å². The van der Waals surface area contributed by atoms with Crippen LogP contribution < -0.4 is 20.5 Å². The first-order valence-corrected chi connectivity index (χ1v) is 9.98. The first-order valence-electron chi connectivity index (χ1n) is 9.19. The molecule has 0 radical (unpaired) electrons. The van der Waals surface area contributed by atoms with E-state index in [1.807, 2.05) is 18.2 Å². The van der Waals surface area contributed by atoms with Gasteiger partial charge in [-0.3, -0.25) is 4.99 Å². The lowest BCUT2D eigenvalue weighted by Gasteiger charge is -2.36. The fourth-order valence-electron chi connectivity index (χ4n) is 3.43. The molecule has 2 aromatic rings. The van der Waals surface area contributed by atoms with E-state index in [2.05, 4.69) is 50.5 Å². The summed E-state index contributed by atoms with van der Waals surface area (Å²) < 4.78 is 17.3. The van der Waals surface area contributed by atoms with Crippen LogP contribution in [0.2, 0.25) is 0 Å². The van der Waals surface area contributed by atoms with Crippen molar-refractivity contribution < 1.29 is 14.2 Å². The zero-order chi connectivity index (χ0) is 20.0. The minimum absolute atomic E-state index is 0.0796. The van der Waals surface area contributed by atoms with Gasteiger partial charge in [0.2, 0.25) is 0 Å². The van der Waals surface area contributed by atoms with Crippen LogP contribution >= 0.6 is 15.9 Å². The molecular formula is C21H26BrN3O3. The van der Waals surface area contributed by atoms with Crippen molar-refractivity contribution in [3.8, 4) is 11.5 Å². The molecule has 1 saturated heterocycles. The van der Waals surface area contributed by atoms with Gasteiger partial charge in [-0.05, 0) is 42.7 Å². The van der Waals surface area contributed by atoms with Gasteiger partial charge in [-0.2, -0.15) is 0 Å². The van der Waals surface area contributed by atoms with Gasteiger partial charge in [-0.15, -0.1) is 0 Å². The largest absolute Gasteiger partial charge is 0.497 e. The molecule has 0 bridgehead atoms. The molecule has 6 nitrogen and oxygen atoms in total. The van der Waals surface area contributed by atoms with E-state index in [4.69, 9.17) is 19.9 Å². The molecule has 1 aliphatic rings. The summed E-state index contributed by atoms with van der Waals surface area (Å²) in [5, 5.41) is 3.14. The number of halogens is 1. The molecule has 3 N–H and O–H groups in total. The lowest BCUT2D eigenvalue weighted by atomic mass is 9.74. The predicted octanol–water partition coefficient (Wildman–Crippen LogP) is 3.94. The fraction of sp³-hybridized carbons (Fsp3) is 0.381. The molecule has 0 amide bonds. The first-order chi connectivity index (χ1) is 13.6. The molecule has 1 fully saturated rings. The van der Waals surface area contributed by atoms with E-state index in [1.165, 1.54) is 5.56 Å². The average Bonchev–Trinajstić information content (AvgIpc) is 2.73. The van der Waals surface area contributed by atoms with Gasteiger partial charge in [0, 0.05) is 29.2 Å². The van der Waals surface area contributed by atoms with Crippen molar-refractivity contribution >= 4 is 27.6 Å². The van der Waals surface area contributed by atoms with Crippen LogP contribution in [-0.2, 0) is 10.2 Å². The molecule has 2 aromatic carbocycles. The monoisotopic (exact) mass is 447 g/mol. The number of benzene rings is 2. The number of hydrogen-bond donors (Lipinski definition) is 2. The number of nitrogens with zero attached hydrogens (tertiary/aromatic N) is 1. The van der Waals surface area contributed by atoms with Crippen LogP contribution in [0, 0.1) is 0 Å². The summed E-state index contributed by atoms with van der Waals surface area (Å²) in [6, 6.07) is 13.9. The van der Waals surface area contributed by atoms with Crippen molar-refractivity contribution in [2.24, 2.45) is 10.7 Å². The van der Waals surface area contributed by atoms with Crippen LogP contribution in [0.3, 0.4) is 0 Å². The fourth-order valence-corrected chi connectivity index (χ4v) is 3.69. The average molecular weight is 448 g/mol. The Morgan fingerprint density at radius 2 is 1.86 bits per heavy atom. The van der Waals surface area contributed by atoms with Crippen molar-refractivity contribution in [3.63, 3.8) is 0 Å². The van der Waals surface area contributed by atoms with Crippen LogP contribution in [-0.4, -0.2) is 39.9 Å². The third-order valence-corrected chi connectivity index (χ3v) is 5.66. The number of nitrogens with one attached hydrogen (secondary N) is 1. The van der Waals surface area contributed by atoms with E-state index < -0.39 is 0 Å². The van der Waals surface area contributed by atoms with Gasteiger partial charge in [0.05, 0.1) is 26.5 Å². The summed E-state index contributed by atoms with van der Waals surface area (Å²) in [4.78, 5) is 4.66. The van der Waals surface area contributed by atoms with Gasteiger partial charge in [0.15, 0.2) is 5.96 Å². The third-order valence-electron chi connectivity index (χ3n) is 5.13. The summed E-state index contributed by atoms with van der Waals surface area (Å²) in [6.07, 6.45) is 1.82. The van der Waals surface area contributed by atoms with E-state index in [-0.39, 0.29) is 5.41 Å². The van der Waals surface area contributed by atoms with Crippen molar-refractivity contribution in [2.45, 2.75) is 18.3 Å². The minimum Gasteiger partial charge on any atom is -0.497 e. The summed E-state index contributed by atoms with van der Waals surface area (Å²) >= 11 is 3.51. The standard InChI is InChI=1S/C21H26BrN3O3/c1-26-17-7-8-19(27-2)18(13-17)25-20(23)24-14-21(9-11-28-12-10-21)15-3-5-16(22)6-4-15/h3-8,13H,9-12,14H2,1-2H3,(H3,23,24,25). The molecule has 1 heterocycles. The van der Waals surface area contributed by atoms with Crippen LogP contribution in [0.25, 0.3) is 0 Å². The van der Waals surface area contributed by atoms with E-state index in [9.17, 15) is 0 Å². The molecule has 28 heavy (non-hydrogen) atoms. The molecule has 0 spiro atoms. The quantitative estimate of drug-likeness (QED) is 0.517. The maximum Gasteiger partial charge on any atom is 0.193 e. The Morgan fingerprint density at radius 3 is 2.50 bits per heavy atom. The normalized spacial score (nSPS) is 16.5. The molecule has 150 valence electrons. The Hall–Kier alpha value is -2.25. The molecular weight excluding hydrogens is 422 g/mol. The van der Waals surface area contributed by atoms with Crippen LogP contribution in [0.4, 0.5) is 5.69 Å². The number of aliphatic imine (C=N–C) groups is 1. The molecule has 3 rings (SSSR count). The molecule has 0 aliphatic carbocycles. The summed E-state index contributed by atoms with van der Waals surface area (Å²) in [6.45, 7) is 2.04. The second-order valence-corrected chi connectivity index (χ2v) is 7.71. The maximum atomic E-state index is 6.20. The highest BCUT2D eigenvalue weighted by molar-refractivity contribution is 9.10. The van der Waals surface area contributed by atoms with Gasteiger partial charge in [-0.1, -0.05) is 28.1 Å². The molecule has 0 unspecified atom stereocenters. The summed E-state index contributed by atoms with van der Waals surface area (Å²) in [7, 11) is 3.24. The SMILES string of the molecule is COc1ccc(OC)c(NC(N)=NCC2(c3ccc(Br)cc3)CCOCC2)c1. The maximum absolute atomic E-state index is 6.20. The highest BCUT2D eigenvalue weighted by Gasteiger charge is 2.34. The molecule has 0 atom stereocenters. The van der Waals surface area contributed by atoms with E-state index in [0.717, 1.165) is 30.5 Å². The van der Waals surface area contributed by atoms with E-state index in [1.54, 1.807) is 14.2 Å². The van der Waals surface area contributed by atoms with Gasteiger partial charge < -0.3 is 25.3 Å². The number of hydrogen-bond acceptors (Lipinski definition) is 4. The van der Waals surface area contributed by atoms with E-state index in [0.29, 0.717) is 29.7 Å². The Labute approximate surface area is 174 Å². The molecule has 0 saturated carbocycles. The zero-order valence-corrected chi connectivity index (χ0v) is 17.8. The number of anilines is 1. The molecule has 7 heteroatoms. The number of guanidine groups is 1. The lowest BCUT2D eigenvalue weighted by molar-refractivity contribution is 0.0531. The highest BCUT2D eigenvalue weighted by Crippen LogP contribution is 2.36. The van der Waals surface area contributed by atoms with Crippen molar-refractivity contribution in [3.05, 3.63) is 52.5 Å². The summed E-state index contributed by atoms with van der Waals surface area (Å²) in [5.74, 6) is 1.73. The van der Waals surface area contributed by atoms with Crippen molar-refractivity contribution in [2.75, 3.05) is 39.3 Å². The first kappa shape index (κ1) is 20.5. The van der Waals surface area contributed by atoms with Gasteiger partial charge >= 0.3 is 0 Å². The van der Waals surface area contributed by atoms with Crippen molar-refractivity contribution in [1.29, 1.82) is 0 Å². The number of nitrogens with two attached hydrogens (primary N) is 1. The smallest absolute Gasteiger partial charge is 0.193 e.